The van der Waals surface area contributed by atoms with E-state index in [2.05, 4.69) is 5.32 Å². The first-order valence-corrected chi connectivity index (χ1v) is 6.98. The van der Waals surface area contributed by atoms with Crippen LogP contribution >= 0.6 is 11.6 Å². The van der Waals surface area contributed by atoms with Gasteiger partial charge in [-0.25, -0.2) is 8.78 Å². The van der Waals surface area contributed by atoms with Crippen molar-refractivity contribution < 1.29 is 8.78 Å². The molecule has 0 atom stereocenters. The van der Waals surface area contributed by atoms with Crippen LogP contribution in [0.25, 0.3) is 11.1 Å². The molecule has 2 aromatic carbocycles. The molecule has 1 nitrogen and oxygen atoms in total. The first kappa shape index (κ1) is 13.5. The van der Waals surface area contributed by atoms with Gasteiger partial charge in [-0.15, -0.1) is 0 Å². The second-order valence-electron chi connectivity index (χ2n) is 5.09. The molecule has 0 spiro atoms. The smallest absolute Gasteiger partial charge is 0.141 e. The van der Waals surface area contributed by atoms with Crippen LogP contribution in [0.4, 0.5) is 8.78 Å². The molecule has 0 aliphatic heterocycles. The SMILES string of the molecule is Fc1ccc(-c2ccc(F)c(CNC3CC3)c2)cc1Cl. The van der Waals surface area contributed by atoms with E-state index in [4.69, 9.17) is 11.6 Å². The lowest BCUT2D eigenvalue weighted by atomic mass is 10.0. The standard InChI is InChI=1S/C16H14ClF2N/c17-14-8-11(2-6-16(14)19)10-1-5-15(18)12(7-10)9-20-13-3-4-13/h1-2,5-8,13,20H,3-4,9H2. The average Bonchev–Trinajstić information content (AvgIpc) is 3.25. The Balaban J connectivity index is 1.88. The molecule has 0 unspecified atom stereocenters. The number of halogens is 3. The third-order valence-electron chi connectivity index (χ3n) is 3.46. The van der Waals surface area contributed by atoms with Crippen LogP contribution in [0.5, 0.6) is 0 Å². The fraction of sp³-hybridized carbons (Fsp3) is 0.250. The quantitative estimate of drug-likeness (QED) is 0.873. The molecule has 3 rings (SSSR count). The Hall–Kier alpha value is -1.45. The van der Waals surface area contributed by atoms with Crippen molar-refractivity contribution >= 4 is 11.6 Å². The largest absolute Gasteiger partial charge is 0.310 e. The lowest BCUT2D eigenvalue weighted by Gasteiger charge is -2.09. The molecule has 0 saturated heterocycles. The third-order valence-corrected chi connectivity index (χ3v) is 3.75. The number of nitrogens with one attached hydrogen (secondary N) is 1. The van der Waals surface area contributed by atoms with Gasteiger partial charge in [0, 0.05) is 18.2 Å². The lowest BCUT2D eigenvalue weighted by Crippen LogP contribution is -2.16. The zero-order valence-electron chi connectivity index (χ0n) is 10.8. The molecule has 104 valence electrons. The van der Waals surface area contributed by atoms with Crippen molar-refractivity contribution in [3.63, 3.8) is 0 Å². The van der Waals surface area contributed by atoms with E-state index in [1.54, 1.807) is 24.3 Å². The van der Waals surface area contributed by atoms with Gasteiger partial charge in [-0.3, -0.25) is 0 Å². The lowest BCUT2D eigenvalue weighted by molar-refractivity contribution is 0.587. The molecule has 0 aromatic heterocycles. The highest BCUT2D eigenvalue weighted by Gasteiger charge is 2.20. The van der Waals surface area contributed by atoms with Crippen molar-refractivity contribution in [2.75, 3.05) is 0 Å². The minimum absolute atomic E-state index is 0.0736. The first-order valence-electron chi connectivity index (χ1n) is 6.61. The summed E-state index contributed by atoms with van der Waals surface area (Å²) in [4.78, 5) is 0. The van der Waals surface area contributed by atoms with Gasteiger partial charge < -0.3 is 5.32 Å². The topological polar surface area (TPSA) is 12.0 Å². The predicted molar refractivity (Wildman–Crippen MR) is 76.7 cm³/mol. The summed E-state index contributed by atoms with van der Waals surface area (Å²) in [6, 6.07) is 9.96. The number of hydrogen-bond acceptors (Lipinski definition) is 1. The molecule has 1 saturated carbocycles. The molecule has 0 radical (unpaired) electrons. The average molecular weight is 294 g/mol. The summed E-state index contributed by atoms with van der Waals surface area (Å²) in [6.45, 7) is 0.513. The Labute approximate surface area is 121 Å². The van der Waals surface area contributed by atoms with E-state index in [1.807, 2.05) is 0 Å². The second kappa shape index (κ2) is 5.51. The van der Waals surface area contributed by atoms with Gasteiger partial charge in [0.2, 0.25) is 0 Å². The Bertz CT molecular complexity index is 638. The van der Waals surface area contributed by atoms with Crippen LogP contribution in [0, 0.1) is 11.6 Å². The van der Waals surface area contributed by atoms with E-state index in [1.165, 1.54) is 12.1 Å². The van der Waals surface area contributed by atoms with Crippen molar-refractivity contribution in [1.82, 2.24) is 5.32 Å². The van der Waals surface area contributed by atoms with Crippen molar-refractivity contribution in [2.24, 2.45) is 0 Å². The maximum absolute atomic E-state index is 13.8. The fourth-order valence-electron chi connectivity index (χ4n) is 2.11. The van der Waals surface area contributed by atoms with E-state index in [0.29, 0.717) is 18.2 Å². The Morgan fingerprint density at radius 3 is 2.30 bits per heavy atom. The van der Waals surface area contributed by atoms with E-state index in [9.17, 15) is 8.78 Å². The van der Waals surface area contributed by atoms with Crippen LogP contribution < -0.4 is 5.32 Å². The van der Waals surface area contributed by atoms with Gasteiger partial charge in [-0.2, -0.15) is 0 Å². The third kappa shape index (κ3) is 3.00. The summed E-state index contributed by atoms with van der Waals surface area (Å²) in [5, 5.41) is 3.36. The fourth-order valence-corrected chi connectivity index (χ4v) is 2.29. The molecule has 1 aliphatic rings. The molecular weight excluding hydrogens is 280 g/mol. The van der Waals surface area contributed by atoms with E-state index < -0.39 is 5.82 Å². The summed E-state index contributed by atoms with van der Waals surface area (Å²) in [7, 11) is 0. The molecule has 1 N–H and O–H groups in total. The van der Waals surface area contributed by atoms with Crippen LogP contribution in [0.1, 0.15) is 18.4 Å². The maximum atomic E-state index is 13.8. The van der Waals surface area contributed by atoms with Gasteiger partial charge in [0.15, 0.2) is 0 Å². The van der Waals surface area contributed by atoms with Gasteiger partial charge in [0.1, 0.15) is 11.6 Å². The number of hydrogen-bond donors (Lipinski definition) is 1. The molecule has 1 aliphatic carbocycles. The molecule has 1 fully saturated rings. The highest BCUT2D eigenvalue weighted by Crippen LogP contribution is 2.27. The molecular formula is C16H14ClF2N. The van der Waals surface area contributed by atoms with Crippen LogP contribution in [0.3, 0.4) is 0 Å². The van der Waals surface area contributed by atoms with Crippen LogP contribution in [-0.4, -0.2) is 6.04 Å². The molecule has 20 heavy (non-hydrogen) atoms. The highest BCUT2D eigenvalue weighted by molar-refractivity contribution is 6.31. The summed E-state index contributed by atoms with van der Waals surface area (Å²) < 4.78 is 26.9. The van der Waals surface area contributed by atoms with Crippen molar-refractivity contribution in [3.8, 4) is 11.1 Å². The Morgan fingerprint density at radius 2 is 1.65 bits per heavy atom. The van der Waals surface area contributed by atoms with Crippen LogP contribution in [0.2, 0.25) is 5.02 Å². The summed E-state index contributed by atoms with van der Waals surface area (Å²) in [6.07, 6.45) is 2.32. The molecule has 0 heterocycles. The van der Waals surface area contributed by atoms with Gasteiger partial charge in [-0.05, 0) is 48.2 Å². The van der Waals surface area contributed by atoms with Gasteiger partial charge >= 0.3 is 0 Å². The van der Waals surface area contributed by atoms with Crippen molar-refractivity contribution in [2.45, 2.75) is 25.4 Å². The molecule has 0 bridgehead atoms. The van der Waals surface area contributed by atoms with E-state index in [0.717, 1.165) is 24.0 Å². The minimum Gasteiger partial charge on any atom is -0.310 e. The molecule has 4 heteroatoms. The number of benzene rings is 2. The van der Waals surface area contributed by atoms with Gasteiger partial charge in [0.25, 0.3) is 0 Å². The highest BCUT2D eigenvalue weighted by atomic mass is 35.5. The summed E-state index contributed by atoms with van der Waals surface area (Å²) in [5.41, 5.74) is 2.24. The predicted octanol–water partition coefficient (Wildman–Crippen LogP) is 4.54. The minimum atomic E-state index is -0.451. The monoisotopic (exact) mass is 293 g/mol. The summed E-state index contributed by atoms with van der Waals surface area (Å²) >= 11 is 5.78. The van der Waals surface area contributed by atoms with E-state index >= 15 is 0 Å². The Kier molecular flexibility index (Phi) is 3.72. The van der Waals surface area contributed by atoms with Gasteiger partial charge in [-0.1, -0.05) is 23.7 Å². The first-order chi connectivity index (χ1) is 9.63. The van der Waals surface area contributed by atoms with E-state index in [-0.39, 0.29) is 10.8 Å². The zero-order valence-corrected chi connectivity index (χ0v) is 11.6. The van der Waals surface area contributed by atoms with Crippen LogP contribution in [-0.2, 0) is 6.54 Å². The van der Waals surface area contributed by atoms with Gasteiger partial charge in [0.05, 0.1) is 5.02 Å². The second-order valence-corrected chi connectivity index (χ2v) is 5.50. The van der Waals surface area contributed by atoms with Crippen LogP contribution in [0.15, 0.2) is 36.4 Å². The van der Waals surface area contributed by atoms with Crippen molar-refractivity contribution in [1.29, 1.82) is 0 Å². The zero-order chi connectivity index (χ0) is 14.1. The Morgan fingerprint density at radius 1 is 1.00 bits per heavy atom. The number of rotatable bonds is 4. The molecule has 2 aromatic rings. The van der Waals surface area contributed by atoms with Crippen molar-refractivity contribution in [3.05, 3.63) is 58.6 Å². The molecule has 0 amide bonds. The maximum Gasteiger partial charge on any atom is 0.141 e. The summed E-state index contributed by atoms with van der Waals surface area (Å²) in [5.74, 6) is -0.678. The normalized spacial score (nSPS) is 14.6.